The highest BCUT2D eigenvalue weighted by Gasteiger charge is 2.02. The molecule has 2 aromatic rings. The highest BCUT2D eigenvalue weighted by molar-refractivity contribution is 7.98. The lowest BCUT2D eigenvalue weighted by Gasteiger charge is -2.05. The number of benzene rings is 1. The molecule has 3 nitrogen and oxygen atoms in total. The molecule has 0 aliphatic heterocycles. The van der Waals surface area contributed by atoms with Crippen LogP contribution in [0.2, 0.25) is 0 Å². The average molecular weight is 246 g/mol. The van der Waals surface area contributed by atoms with E-state index in [9.17, 15) is 4.79 Å². The van der Waals surface area contributed by atoms with Gasteiger partial charge in [-0.2, -0.15) is 0 Å². The third-order valence-corrected chi connectivity index (χ3v) is 3.55. The number of carbonyl (C=O) groups is 1. The smallest absolute Gasteiger partial charge is 0.150 e. The molecular formula is C13H14N2OS. The van der Waals surface area contributed by atoms with E-state index in [0.717, 1.165) is 29.0 Å². The summed E-state index contributed by atoms with van der Waals surface area (Å²) in [7, 11) is 0. The summed E-state index contributed by atoms with van der Waals surface area (Å²) >= 11 is 1.72. The van der Waals surface area contributed by atoms with Crippen molar-refractivity contribution < 1.29 is 4.79 Å². The van der Waals surface area contributed by atoms with Crippen LogP contribution in [0.25, 0.3) is 0 Å². The van der Waals surface area contributed by atoms with Gasteiger partial charge in [-0.3, -0.25) is 4.79 Å². The number of thioether (sulfide) groups is 1. The van der Waals surface area contributed by atoms with Gasteiger partial charge in [0, 0.05) is 34.6 Å². The second-order valence-corrected chi connectivity index (χ2v) is 4.70. The van der Waals surface area contributed by atoms with Gasteiger partial charge in [0.05, 0.1) is 6.33 Å². The summed E-state index contributed by atoms with van der Waals surface area (Å²) in [6.07, 6.45) is 4.61. The van der Waals surface area contributed by atoms with E-state index in [0.29, 0.717) is 0 Å². The molecule has 4 heteroatoms. The van der Waals surface area contributed by atoms with Crippen molar-refractivity contribution in [2.45, 2.75) is 24.1 Å². The molecule has 0 saturated heterocycles. The van der Waals surface area contributed by atoms with E-state index in [-0.39, 0.29) is 0 Å². The maximum Gasteiger partial charge on any atom is 0.150 e. The number of aldehydes is 1. The number of nitrogens with zero attached hydrogens (tertiary/aromatic N) is 2. The van der Waals surface area contributed by atoms with E-state index in [2.05, 4.69) is 16.5 Å². The minimum absolute atomic E-state index is 0.721. The Morgan fingerprint density at radius 1 is 1.47 bits per heavy atom. The predicted octanol–water partition coefficient (Wildman–Crippen LogP) is 3.01. The van der Waals surface area contributed by atoms with Gasteiger partial charge in [0.15, 0.2) is 0 Å². The first-order valence-corrected chi connectivity index (χ1v) is 6.49. The lowest BCUT2D eigenvalue weighted by Crippen LogP contribution is -1.97. The topological polar surface area (TPSA) is 34.9 Å². The molecule has 0 aliphatic rings. The second kappa shape index (κ2) is 5.68. The van der Waals surface area contributed by atoms with Crippen molar-refractivity contribution >= 4 is 18.0 Å². The fraction of sp³-hybridized carbons (Fsp3) is 0.231. The Morgan fingerprint density at radius 3 is 3.12 bits per heavy atom. The zero-order valence-electron chi connectivity index (χ0n) is 9.67. The number of carbonyl (C=O) groups excluding carboxylic acids is 1. The predicted molar refractivity (Wildman–Crippen MR) is 69.3 cm³/mol. The quantitative estimate of drug-likeness (QED) is 0.601. The molecule has 1 aromatic heterocycles. The lowest BCUT2D eigenvalue weighted by atomic mass is 10.2. The van der Waals surface area contributed by atoms with Gasteiger partial charge in [-0.25, -0.2) is 4.98 Å². The molecule has 0 spiro atoms. The van der Waals surface area contributed by atoms with Crippen molar-refractivity contribution in [2.75, 3.05) is 0 Å². The number of hydrogen-bond acceptors (Lipinski definition) is 3. The van der Waals surface area contributed by atoms with Gasteiger partial charge in [0.25, 0.3) is 0 Å². The van der Waals surface area contributed by atoms with Crippen molar-refractivity contribution in [2.24, 2.45) is 0 Å². The van der Waals surface area contributed by atoms with Crippen LogP contribution in [0.15, 0.2) is 41.7 Å². The average Bonchev–Trinajstić information content (AvgIpc) is 2.84. The molecule has 1 heterocycles. The molecule has 0 amide bonds. The molecule has 0 aliphatic carbocycles. The van der Waals surface area contributed by atoms with Crippen molar-refractivity contribution in [3.8, 4) is 0 Å². The Morgan fingerprint density at radius 2 is 2.35 bits per heavy atom. The minimum Gasteiger partial charge on any atom is -0.334 e. The summed E-state index contributed by atoms with van der Waals surface area (Å²) in [6, 6.07) is 7.64. The Bertz CT molecular complexity index is 508. The van der Waals surface area contributed by atoms with Crippen LogP contribution < -0.4 is 0 Å². The molecule has 0 atom stereocenters. The first-order valence-electron chi connectivity index (χ1n) is 5.50. The Kier molecular flexibility index (Phi) is 3.98. The molecule has 0 unspecified atom stereocenters. The van der Waals surface area contributed by atoms with E-state index in [1.165, 1.54) is 5.69 Å². The number of aryl methyl sites for hydroxylation is 1. The molecule has 2 rings (SSSR count). The molecule has 88 valence electrons. The van der Waals surface area contributed by atoms with Crippen LogP contribution >= 0.6 is 11.8 Å². The molecule has 0 fully saturated rings. The maximum absolute atomic E-state index is 10.7. The van der Waals surface area contributed by atoms with E-state index < -0.39 is 0 Å². The van der Waals surface area contributed by atoms with Gasteiger partial charge < -0.3 is 4.57 Å². The van der Waals surface area contributed by atoms with Crippen molar-refractivity contribution in [3.05, 3.63) is 48.0 Å². The van der Waals surface area contributed by atoms with Crippen molar-refractivity contribution in [1.29, 1.82) is 0 Å². The summed E-state index contributed by atoms with van der Waals surface area (Å²) in [5.74, 6) is 0.871. The van der Waals surface area contributed by atoms with Crippen LogP contribution in [-0.4, -0.2) is 15.8 Å². The van der Waals surface area contributed by atoms with Crippen LogP contribution in [0.1, 0.15) is 23.0 Å². The summed E-state index contributed by atoms with van der Waals surface area (Å²) in [5, 5.41) is 0. The van der Waals surface area contributed by atoms with E-state index in [4.69, 9.17) is 0 Å². The molecule has 0 bridgehead atoms. The number of imidazole rings is 1. The number of aromatic nitrogens is 2. The maximum atomic E-state index is 10.7. The van der Waals surface area contributed by atoms with Crippen molar-refractivity contribution in [3.63, 3.8) is 0 Å². The van der Waals surface area contributed by atoms with Crippen molar-refractivity contribution in [1.82, 2.24) is 9.55 Å². The van der Waals surface area contributed by atoms with Crippen LogP contribution in [0.3, 0.4) is 0 Å². The van der Waals surface area contributed by atoms with Gasteiger partial charge in [0.1, 0.15) is 6.29 Å². The highest BCUT2D eigenvalue weighted by Crippen LogP contribution is 2.23. The van der Waals surface area contributed by atoms with Gasteiger partial charge >= 0.3 is 0 Å². The van der Waals surface area contributed by atoms with Gasteiger partial charge in [-0.15, -0.1) is 11.8 Å². The number of hydrogen-bond donors (Lipinski definition) is 0. The second-order valence-electron chi connectivity index (χ2n) is 3.65. The normalized spacial score (nSPS) is 10.4. The molecule has 1 aromatic carbocycles. The highest BCUT2D eigenvalue weighted by atomic mass is 32.2. The summed E-state index contributed by atoms with van der Waals surface area (Å²) in [4.78, 5) is 15.9. The Balaban J connectivity index is 2.04. The van der Waals surface area contributed by atoms with E-state index in [1.54, 1.807) is 11.8 Å². The Hall–Kier alpha value is -1.55. The fourth-order valence-corrected chi connectivity index (χ4v) is 2.54. The standard InChI is InChI=1S/C13H14N2OS/c1-2-15-10-14-7-12(15)9-17-13-5-3-4-11(6-13)8-16/h3-8,10H,2,9H2,1H3. The Labute approximate surface area is 105 Å². The molecule has 17 heavy (non-hydrogen) atoms. The third-order valence-electron chi connectivity index (χ3n) is 2.52. The molecule has 0 radical (unpaired) electrons. The zero-order valence-corrected chi connectivity index (χ0v) is 10.5. The van der Waals surface area contributed by atoms with E-state index >= 15 is 0 Å². The van der Waals surface area contributed by atoms with Crippen LogP contribution in [0.5, 0.6) is 0 Å². The van der Waals surface area contributed by atoms with E-state index in [1.807, 2.05) is 36.8 Å². The first kappa shape index (κ1) is 11.9. The lowest BCUT2D eigenvalue weighted by molar-refractivity contribution is 0.112. The molecule has 0 N–H and O–H groups in total. The summed E-state index contributed by atoms with van der Waals surface area (Å²) in [6.45, 7) is 3.03. The zero-order chi connectivity index (χ0) is 12.1. The monoisotopic (exact) mass is 246 g/mol. The van der Waals surface area contributed by atoms with Gasteiger partial charge in [-0.1, -0.05) is 12.1 Å². The fourth-order valence-electron chi connectivity index (χ4n) is 1.59. The summed E-state index contributed by atoms with van der Waals surface area (Å²) in [5.41, 5.74) is 1.92. The SMILES string of the molecule is CCn1cncc1CSc1cccc(C=O)c1. The largest absolute Gasteiger partial charge is 0.334 e. The van der Waals surface area contributed by atoms with Crippen LogP contribution in [0.4, 0.5) is 0 Å². The van der Waals surface area contributed by atoms with Gasteiger partial charge in [0.2, 0.25) is 0 Å². The minimum atomic E-state index is 0.721. The third kappa shape index (κ3) is 2.97. The summed E-state index contributed by atoms with van der Waals surface area (Å²) < 4.78 is 2.12. The van der Waals surface area contributed by atoms with Gasteiger partial charge in [-0.05, 0) is 19.1 Å². The van der Waals surface area contributed by atoms with Crippen LogP contribution in [0, 0.1) is 0 Å². The number of rotatable bonds is 5. The molecular weight excluding hydrogens is 232 g/mol. The molecule has 0 saturated carbocycles. The first-order chi connectivity index (χ1) is 8.33. The van der Waals surface area contributed by atoms with Crippen LogP contribution in [-0.2, 0) is 12.3 Å².